The number of amidine groups is 1. The van der Waals surface area contributed by atoms with Crippen molar-refractivity contribution in [2.45, 2.75) is 24.1 Å². The Kier molecular flexibility index (Phi) is 5.65. The lowest BCUT2D eigenvalue weighted by atomic mass is 10.0. The zero-order chi connectivity index (χ0) is 20.4. The van der Waals surface area contributed by atoms with Crippen LogP contribution < -0.4 is 10.6 Å². The van der Waals surface area contributed by atoms with E-state index in [9.17, 15) is 13.2 Å². The van der Waals surface area contributed by atoms with Gasteiger partial charge in [-0.25, -0.2) is 8.42 Å². The Morgan fingerprint density at radius 2 is 1.97 bits per heavy atom. The van der Waals surface area contributed by atoms with Crippen molar-refractivity contribution in [3.8, 4) is 0 Å². The van der Waals surface area contributed by atoms with Gasteiger partial charge < -0.3 is 10.6 Å². The molecule has 8 heteroatoms. The molecule has 6 nitrogen and oxygen atoms in total. The predicted molar refractivity (Wildman–Crippen MR) is 119 cm³/mol. The fraction of sp³-hybridized carbons (Fsp3) is 0.333. The Morgan fingerprint density at radius 3 is 2.72 bits per heavy atom. The summed E-state index contributed by atoms with van der Waals surface area (Å²) in [5.74, 6) is 0.401. The normalized spacial score (nSPS) is 23.1. The second kappa shape index (κ2) is 8.20. The second-order valence-electron chi connectivity index (χ2n) is 7.46. The highest BCUT2D eigenvalue weighted by Crippen LogP contribution is 2.34. The molecule has 0 radical (unpaired) electrons. The fourth-order valence-corrected chi connectivity index (χ4v) is 7.20. The number of amides is 1. The molecule has 152 valence electrons. The van der Waals surface area contributed by atoms with Crippen LogP contribution in [-0.4, -0.2) is 48.8 Å². The number of nitrogens with zero attached hydrogens (tertiary/aromatic N) is 1. The lowest BCUT2D eigenvalue weighted by Gasteiger charge is -2.13. The van der Waals surface area contributed by atoms with Gasteiger partial charge in [-0.05, 0) is 29.7 Å². The largest absolute Gasteiger partial charge is 0.351 e. The van der Waals surface area contributed by atoms with Crippen molar-refractivity contribution in [3.63, 3.8) is 0 Å². The molecule has 0 spiro atoms. The number of carbonyl (C=O) groups is 1. The van der Waals surface area contributed by atoms with E-state index < -0.39 is 9.84 Å². The Bertz CT molecular complexity index is 1040. The minimum atomic E-state index is -2.96. The van der Waals surface area contributed by atoms with Crippen molar-refractivity contribution < 1.29 is 13.2 Å². The molecular weight excluding hydrogens is 406 g/mol. The van der Waals surface area contributed by atoms with Gasteiger partial charge in [0.25, 0.3) is 5.91 Å². The molecule has 4 rings (SSSR count). The van der Waals surface area contributed by atoms with Gasteiger partial charge in [-0.2, -0.15) is 0 Å². The Balaban J connectivity index is 1.36. The number of anilines is 1. The van der Waals surface area contributed by atoms with E-state index in [0.717, 1.165) is 5.69 Å². The number of rotatable bonds is 5. The standard InChI is InChI=1S/C21H23N3O3S2/c1-14(15-6-3-2-4-7-15)11-22-20(25)16-8-5-9-17(10-16)23-21-24-18-12-29(26,27)13-19(18)28-21/h2-10,14,18-19H,11-13H2,1H3,(H,22,25)(H,23,24)/t14-,18+,19+/m1/s1. The maximum atomic E-state index is 12.6. The number of aliphatic imine (C=N–C) groups is 1. The van der Waals surface area contributed by atoms with Gasteiger partial charge >= 0.3 is 0 Å². The highest BCUT2D eigenvalue weighted by molar-refractivity contribution is 8.15. The molecule has 2 heterocycles. The first-order chi connectivity index (χ1) is 13.9. The summed E-state index contributed by atoms with van der Waals surface area (Å²) in [7, 11) is -2.96. The third-order valence-corrected chi connectivity index (χ3v) is 8.27. The maximum absolute atomic E-state index is 12.6. The van der Waals surface area contributed by atoms with Crippen LogP contribution in [0.4, 0.5) is 5.69 Å². The van der Waals surface area contributed by atoms with Gasteiger partial charge in [0.2, 0.25) is 0 Å². The lowest BCUT2D eigenvalue weighted by molar-refractivity contribution is 0.0951. The molecule has 2 aliphatic rings. The SMILES string of the molecule is C[C@H](CNC(=O)c1cccc(NC2=N[C@H]3CS(=O)(=O)C[C@@H]3S2)c1)c1ccccc1. The van der Waals surface area contributed by atoms with E-state index >= 15 is 0 Å². The summed E-state index contributed by atoms with van der Waals surface area (Å²) in [6.45, 7) is 2.64. The van der Waals surface area contributed by atoms with E-state index in [1.165, 1.54) is 17.3 Å². The highest BCUT2D eigenvalue weighted by Gasteiger charge is 2.42. The highest BCUT2D eigenvalue weighted by atomic mass is 32.2. The van der Waals surface area contributed by atoms with Crippen LogP contribution >= 0.6 is 11.8 Å². The fourth-order valence-electron chi connectivity index (χ4n) is 3.52. The number of benzene rings is 2. The first-order valence-electron chi connectivity index (χ1n) is 9.55. The topological polar surface area (TPSA) is 87.6 Å². The minimum absolute atomic E-state index is 0.00606. The number of thioether (sulfide) groups is 1. The van der Waals surface area contributed by atoms with Gasteiger partial charge in [-0.15, -0.1) is 0 Å². The summed E-state index contributed by atoms with van der Waals surface area (Å²) in [5.41, 5.74) is 2.52. The smallest absolute Gasteiger partial charge is 0.251 e. The number of hydrogen-bond donors (Lipinski definition) is 2. The molecule has 29 heavy (non-hydrogen) atoms. The van der Waals surface area contributed by atoms with E-state index in [1.54, 1.807) is 12.1 Å². The lowest BCUT2D eigenvalue weighted by Crippen LogP contribution is -2.27. The molecule has 2 N–H and O–H groups in total. The van der Waals surface area contributed by atoms with Crippen LogP contribution in [-0.2, 0) is 9.84 Å². The maximum Gasteiger partial charge on any atom is 0.251 e. The molecule has 2 aromatic carbocycles. The van der Waals surface area contributed by atoms with Crippen LogP contribution in [0.5, 0.6) is 0 Å². The summed E-state index contributed by atoms with van der Waals surface area (Å²) >= 11 is 1.46. The van der Waals surface area contributed by atoms with Gasteiger partial charge in [-0.3, -0.25) is 9.79 Å². The molecule has 2 aromatic rings. The zero-order valence-corrected chi connectivity index (χ0v) is 17.7. The van der Waals surface area contributed by atoms with Crippen LogP contribution in [0.25, 0.3) is 0 Å². The predicted octanol–water partition coefficient (Wildman–Crippen LogP) is 2.90. The van der Waals surface area contributed by atoms with Crippen molar-refractivity contribution in [1.29, 1.82) is 0 Å². The number of carbonyl (C=O) groups excluding carboxylic acids is 1. The first kappa shape index (κ1) is 20.0. The van der Waals surface area contributed by atoms with Crippen LogP contribution in [0.15, 0.2) is 59.6 Å². The molecule has 0 saturated carbocycles. The number of nitrogens with one attached hydrogen (secondary N) is 2. The van der Waals surface area contributed by atoms with Gasteiger partial charge in [0, 0.05) is 23.0 Å². The Hall–Kier alpha value is -2.32. The first-order valence-corrected chi connectivity index (χ1v) is 12.2. The molecule has 1 fully saturated rings. The summed E-state index contributed by atoms with van der Waals surface area (Å²) in [6.07, 6.45) is 0. The van der Waals surface area contributed by atoms with E-state index in [-0.39, 0.29) is 34.6 Å². The summed E-state index contributed by atoms with van der Waals surface area (Å²) in [5, 5.41) is 6.92. The average molecular weight is 430 g/mol. The molecule has 0 aromatic heterocycles. The van der Waals surface area contributed by atoms with Crippen molar-refractivity contribution in [2.24, 2.45) is 4.99 Å². The van der Waals surface area contributed by atoms with Gasteiger partial charge in [0.05, 0.1) is 17.5 Å². The van der Waals surface area contributed by atoms with Crippen molar-refractivity contribution in [1.82, 2.24) is 5.32 Å². The molecule has 1 saturated heterocycles. The van der Waals surface area contributed by atoms with Crippen LogP contribution in [0, 0.1) is 0 Å². The molecule has 1 amide bonds. The zero-order valence-electron chi connectivity index (χ0n) is 16.0. The number of fused-ring (bicyclic) bond motifs is 1. The molecule has 0 aliphatic carbocycles. The third-order valence-electron chi connectivity index (χ3n) is 5.13. The van der Waals surface area contributed by atoms with Gasteiger partial charge in [0.15, 0.2) is 15.0 Å². The molecule has 3 atom stereocenters. The second-order valence-corrected chi connectivity index (χ2v) is 10.8. The Morgan fingerprint density at radius 1 is 1.17 bits per heavy atom. The van der Waals surface area contributed by atoms with Crippen LogP contribution in [0.1, 0.15) is 28.8 Å². The van der Waals surface area contributed by atoms with E-state index in [4.69, 9.17) is 0 Å². The van der Waals surface area contributed by atoms with Gasteiger partial charge in [-0.1, -0.05) is 55.1 Å². The number of hydrogen-bond acceptors (Lipinski definition) is 6. The Labute approximate surface area is 175 Å². The van der Waals surface area contributed by atoms with E-state index in [1.807, 2.05) is 30.3 Å². The summed E-state index contributed by atoms with van der Waals surface area (Å²) < 4.78 is 23.4. The van der Waals surface area contributed by atoms with Crippen molar-refractivity contribution in [3.05, 3.63) is 65.7 Å². The number of sulfone groups is 1. The summed E-state index contributed by atoms with van der Waals surface area (Å²) in [6, 6.07) is 17.2. The monoisotopic (exact) mass is 429 g/mol. The molecule has 0 unspecified atom stereocenters. The summed E-state index contributed by atoms with van der Waals surface area (Å²) in [4.78, 5) is 17.1. The molecule has 2 aliphatic heterocycles. The van der Waals surface area contributed by atoms with Gasteiger partial charge in [0.1, 0.15) is 0 Å². The molecule has 0 bridgehead atoms. The average Bonchev–Trinajstić information content (AvgIpc) is 3.19. The van der Waals surface area contributed by atoms with Crippen LogP contribution in [0.3, 0.4) is 0 Å². The van der Waals surface area contributed by atoms with Crippen LogP contribution in [0.2, 0.25) is 0 Å². The third kappa shape index (κ3) is 4.82. The minimum Gasteiger partial charge on any atom is -0.351 e. The van der Waals surface area contributed by atoms with E-state index in [2.05, 4.69) is 34.7 Å². The van der Waals surface area contributed by atoms with Crippen molar-refractivity contribution in [2.75, 3.05) is 23.4 Å². The van der Waals surface area contributed by atoms with E-state index in [0.29, 0.717) is 17.3 Å². The quantitative estimate of drug-likeness (QED) is 0.763. The molecular formula is C21H23N3O3S2. The van der Waals surface area contributed by atoms with Crippen molar-refractivity contribution >= 4 is 38.4 Å².